The largest absolute Gasteiger partial charge is 0.507 e. The van der Waals surface area contributed by atoms with Crippen LogP contribution in [-0.4, -0.2) is 21.7 Å². The zero-order valence-electron chi connectivity index (χ0n) is 13.0. The Labute approximate surface area is 133 Å². The molecule has 3 rings (SSSR count). The smallest absolute Gasteiger partial charge is 0.262 e. The molecule has 0 unspecified atom stereocenters. The van der Waals surface area contributed by atoms with Crippen molar-refractivity contribution in [3.05, 3.63) is 53.3 Å². The number of halogens is 1. The van der Waals surface area contributed by atoms with E-state index in [1.54, 1.807) is 4.90 Å². The minimum atomic E-state index is -0.936. The molecule has 0 fully saturated rings. The zero-order valence-corrected chi connectivity index (χ0v) is 13.0. The average Bonchev–Trinajstić information content (AvgIpc) is 2.49. The van der Waals surface area contributed by atoms with Crippen molar-refractivity contribution in [2.45, 2.75) is 32.2 Å². The Morgan fingerprint density at radius 3 is 2.61 bits per heavy atom. The Morgan fingerprint density at radius 1 is 1.17 bits per heavy atom. The van der Waals surface area contributed by atoms with Crippen molar-refractivity contribution < 1.29 is 19.4 Å². The molecule has 0 saturated carbocycles. The summed E-state index contributed by atoms with van der Waals surface area (Å²) in [5.41, 5.74) is 1.18. The van der Waals surface area contributed by atoms with Crippen LogP contribution in [0, 0.1) is 5.82 Å². The summed E-state index contributed by atoms with van der Waals surface area (Å²) >= 11 is 0. The van der Waals surface area contributed by atoms with Gasteiger partial charge in [0, 0.05) is 17.3 Å². The Hall–Kier alpha value is -2.56. The van der Waals surface area contributed by atoms with Gasteiger partial charge in [0.2, 0.25) is 0 Å². The van der Waals surface area contributed by atoms with Gasteiger partial charge >= 0.3 is 0 Å². The Morgan fingerprint density at radius 2 is 1.87 bits per heavy atom. The number of anilines is 1. The van der Waals surface area contributed by atoms with Crippen molar-refractivity contribution in [3.8, 4) is 11.5 Å². The van der Waals surface area contributed by atoms with E-state index in [1.165, 1.54) is 0 Å². The molecule has 5 heteroatoms. The highest BCUT2D eigenvalue weighted by atomic mass is 19.1. The number of aryl methyl sites for hydroxylation is 1. The highest BCUT2D eigenvalue weighted by Gasteiger charge is 2.38. The lowest BCUT2D eigenvalue weighted by molar-refractivity contribution is 0.0953. The van der Waals surface area contributed by atoms with Crippen molar-refractivity contribution in [3.63, 3.8) is 0 Å². The third-order valence-electron chi connectivity index (χ3n) is 4.34. The van der Waals surface area contributed by atoms with Gasteiger partial charge in [-0.05, 0) is 44.4 Å². The van der Waals surface area contributed by atoms with Gasteiger partial charge in [-0.3, -0.25) is 4.79 Å². The predicted octanol–water partition coefficient (Wildman–Crippen LogP) is 3.61. The van der Waals surface area contributed by atoms with Crippen LogP contribution in [0.2, 0.25) is 0 Å². The van der Waals surface area contributed by atoms with Crippen LogP contribution in [-0.2, 0) is 6.42 Å². The number of phenols is 2. The SMILES string of the molecule is CC1(C)CCc2ccccc2N1C(=O)c1cc(F)c(O)cc1O. The summed E-state index contributed by atoms with van der Waals surface area (Å²) in [6.07, 6.45) is 1.61. The lowest BCUT2D eigenvalue weighted by Crippen LogP contribution is -2.51. The number of para-hydroxylation sites is 1. The number of aromatic hydroxyl groups is 2. The first-order chi connectivity index (χ1) is 10.8. The first-order valence-corrected chi connectivity index (χ1v) is 7.45. The number of phenolic OH excluding ortho intramolecular Hbond substituents is 2. The highest BCUT2D eigenvalue weighted by molar-refractivity contribution is 6.09. The molecule has 1 amide bonds. The van der Waals surface area contributed by atoms with Gasteiger partial charge in [-0.1, -0.05) is 18.2 Å². The minimum Gasteiger partial charge on any atom is -0.507 e. The van der Waals surface area contributed by atoms with Gasteiger partial charge in [0.05, 0.1) is 5.56 Å². The van der Waals surface area contributed by atoms with E-state index >= 15 is 0 Å². The zero-order chi connectivity index (χ0) is 16.8. The summed E-state index contributed by atoms with van der Waals surface area (Å²) in [6, 6.07) is 9.30. The molecule has 0 saturated heterocycles. The van der Waals surface area contributed by atoms with Crippen LogP contribution in [0.4, 0.5) is 10.1 Å². The number of nitrogens with zero attached hydrogens (tertiary/aromatic N) is 1. The number of fused-ring (bicyclic) bond motifs is 1. The van der Waals surface area contributed by atoms with Gasteiger partial charge in [0.1, 0.15) is 5.75 Å². The summed E-state index contributed by atoms with van der Waals surface area (Å²) in [5.74, 6) is -2.54. The number of carbonyl (C=O) groups excluding carboxylic acids is 1. The highest BCUT2D eigenvalue weighted by Crippen LogP contribution is 2.39. The van der Waals surface area contributed by atoms with Crippen molar-refractivity contribution in [2.24, 2.45) is 0 Å². The van der Waals surface area contributed by atoms with Crippen molar-refractivity contribution in [1.82, 2.24) is 0 Å². The molecule has 0 aliphatic carbocycles. The lowest BCUT2D eigenvalue weighted by Gasteiger charge is -2.43. The number of hydrogen-bond donors (Lipinski definition) is 2. The maximum absolute atomic E-state index is 13.6. The molecule has 4 nitrogen and oxygen atoms in total. The number of hydrogen-bond acceptors (Lipinski definition) is 3. The molecular weight excluding hydrogens is 297 g/mol. The van der Waals surface area contributed by atoms with Crippen molar-refractivity contribution in [2.75, 3.05) is 4.90 Å². The quantitative estimate of drug-likeness (QED) is 0.845. The third kappa shape index (κ3) is 2.52. The molecule has 23 heavy (non-hydrogen) atoms. The van der Waals surface area contributed by atoms with E-state index in [1.807, 2.05) is 38.1 Å². The fourth-order valence-corrected chi connectivity index (χ4v) is 3.05. The number of carbonyl (C=O) groups is 1. The average molecular weight is 315 g/mol. The molecule has 1 aliphatic heterocycles. The normalized spacial score (nSPS) is 16.0. The number of rotatable bonds is 1. The van der Waals surface area contributed by atoms with Crippen LogP contribution in [0.5, 0.6) is 11.5 Å². The van der Waals surface area contributed by atoms with E-state index in [2.05, 4.69) is 0 Å². The number of amides is 1. The predicted molar refractivity (Wildman–Crippen MR) is 85.4 cm³/mol. The summed E-state index contributed by atoms with van der Waals surface area (Å²) in [4.78, 5) is 14.6. The molecule has 2 N–H and O–H groups in total. The second-order valence-corrected chi connectivity index (χ2v) is 6.40. The van der Waals surface area contributed by atoms with Crippen LogP contribution < -0.4 is 4.90 Å². The molecular formula is C18H18FNO3. The second kappa shape index (κ2) is 5.26. The maximum atomic E-state index is 13.6. The monoisotopic (exact) mass is 315 g/mol. The molecule has 0 radical (unpaired) electrons. The Bertz CT molecular complexity index is 786. The van der Waals surface area contributed by atoms with Crippen molar-refractivity contribution in [1.29, 1.82) is 0 Å². The van der Waals surface area contributed by atoms with Gasteiger partial charge in [0.15, 0.2) is 11.6 Å². The first kappa shape index (κ1) is 15.3. The summed E-state index contributed by atoms with van der Waals surface area (Å²) in [6.45, 7) is 3.88. The van der Waals surface area contributed by atoms with Crippen LogP contribution in [0.3, 0.4) is 0 Å². The van der Waals surface area contributed by atoms with E-state index in [-0.39, 0.29) is 5.56 Å². The van der Waals surface area contributed by atoms with Crippen LogP contribution >= 0.6 is 0 Å². The molecule has 2 aromatic carbocycles. The fourth-order valence-electron chi connectivity index (χ4n) is 3.05. The van der Waals surface area contributed by atoms with Gasteiger partial charge in [-0.15, -0.1) is 0 Å². The van der Waals surface area contributed by atoms with Gasteiger partial charge in [-0.25, -0.2) is 4.39 Å². The van der Waals surface area contributed by atoms with E-state index in [9.17, 15) is 19.4 Å². The van der Waals surface area contributed by atoms with E-state index < -0.39 is 28.8 Å². The summed E-state index contributed by atoms with van der Waals surface area (Å²) < 4.78 is 13.6. The fraction of sp³-hybridized carbons (Fsp3) is 0.278. The maximum Gasteiger partial charge on any atom is 0.262 e. The van der Waals surface area contributed by atoms with E-state index in [0.717, 1.165) is 36.2 Å². The van der Waals surface area contributed by atoms with E-state index in [0.29, 0.717) is 0 Å². The molecule has 0 bridgehead atoms. The summed E-state index contributed by atoms with van der Waals surface area (Å²) in [5, 5.41) is 19.3. The van der Waals surface area contributed by atoms with Crippen LogP contribution in [0.15, 0.2) is 36.4 Å². The molecule has 2 aromatic rings. The Balaban J connectivity index is 2.13. The standard InChI is InChI=1S/C18H18FNO3/c1-18(2)8-7-11-5-3-4-6-14(11)20(18)17(23)12-9-13(19)16(22)10-15(12)21/h3-6,9-10,21-22H,7-8H2,1-2H3. The van der Waals surface area contributed by atoms with Crippen molar-refractivity contribution >= 4 is 11.6 Å². The second-order valence-electron chi connectivity index (χ2n) is 6.40. The van der Waals surface area contributed by atoms with Gasteiger partial charge < -0.3 is 15.1 Å². The van der Waals surface area contributed by atoms with Crippen LogP contribution in [0.25, 0.3) is 0 Å². The number of benzene rings is 2. The molecule has 0 spiro atoms. The molecule has 1 heterocycles. The third-order valence-corrected chi connectivity index (χ3v) is 4.34. The van der Waals surface area contributed by atoms with E-state index in [4.69, 9.17) is 0 Å². The Kier molecular flexibility index (Phi) is 3.51. The minimum absolute atomic E-state index is 0.162. The molecule has 120 valence electrons. The topological polar surface area (TPSA) is 60.8 Å². The van der Waals surface area contributed by atoms with Crippen LogP contribution in [0.1, 0.15) is 36.2 Å². The lowest BCUT2D eigenvalue weighted by atomic mass is 9.86. The van der Waals surface area contributed by atoms with Gasteiger partial charge in [-0.2, -0.15) is 0 Å². The first-order valence-electron chi connectivity index (χ1n) is 7.45. The molecule has 0 aromatic heterocycles. The van der Waals surface area contributed by atoms with Gasteiger partial charge in [0.25, 0.3) is 5.91 Å². The summed E-state index contributed by atoms with van der Waals surface area (Å²) in [7, 11) is 0. The molecule has 1 aliphatic rings. The molecule has 0 atom stereocenters.